The van der Waals surface area contributed by atoms with Gasteiger partial charge >= 0.3 is 0 Å². The molecule has 1 aromatic heterocycles. The summed E-state index contributed by atoms with van der Waals surface area (Å²) in [7, 11) is 1.58. The molecule has 0 bridgehead atoms. The number of hydrogen-bond donors (Lipinski definition) is 1. The van der Waals surface area contributed by atoms with E-state index in [0.717, 1.165) is 6.20 Å². The predicted molar refractivity (Wildman–Crippen MR) is 78.2 cm³/mol. The fraction of sp³-hybridized carbons (Fsp3) is 0.267. The van der Waals surface area contributed by atoms with Crippen LogP contribution in [0.2, 0.25) is 0 Å². The third-order valence-electron chi connectivity index (χ3n) is 3.39. The van der Waals surface area contributed by atoms with Crippen LogP contribution in [0.15, 0.2) is 41.5 Å². The number of nitrogens with zero attached hydrogens (tertiary/aromatic N) is 2. The number of benzene rings is 1. The maximum atomic E-state index is 12.1. The number of aromatic amines is 1. The minimum atomic E-state index is -0.336. The Morgan fingerprint density at radius 1 is 1.32 bits per heavy atom. The van der Waals surface area contributed by atoms with Gasteiger partial charge in [0.1, 0.15) is 11.8 Å². The van der Waals surface area contributed by atoms with Crippen LogP contribution in [-0.2, 0) is 0 Å². The molecule has 2 aromatic rings. The van der Waals surface area contributed by atoms with Crippen LogP contribution in [-0.4, -0.2) is 47.1 Å². The highest BCUT2D eigenvalue weighted by Gasteiger charge is 2.33. The summed E-state index contributed by atoms with van der Waals surface area (Å²) in [6.07, 6.45) is 2.33. The molecule has 22 heavy (non-hydrogen) atoms. The highest BCUT2D eigenvalue weighted by atomic mass is 16.5. The average Bonchev–Trinajstić information content (AvgIpc) is 2.51. The maximum Gasteiger partial charge on any atom is 0.274 e. The van der Waals surface area contributed by atoms with E-state index in [9.17, 15) is 9.59 Å². The van der Waals surface area contributed by atoms with E-state index >= 15 is 0 Å². The third-order valence-corrected chi connectivity index (χ3v) is 3.39. The normalized spacial score (nSPS) is 14.3. The number of carbonyl (C=O) groups excluding carboxylic acids is 1. The van der Waals surface area contributed by atoms with Crippen molar-refractivity contribution in [3.63, 3.8) is 0 Å². The van der Waals surface area contributed by atoms with Crippen LogP contribution in [0.4, 0.5) is 0 Å². The summed E-state index contributed by atoms with van der Waals surface area (Å²) < 4.78 is 11.0. The molecular weight excluding hydrogens is 286 g/mol. The lowest BCUT2D eigenvalue weighted by Crippen LogP contribution is -2.56. The van der Waals surface area contributed by atoms with E-state index in [-0.39, 0.29) is 23.3 Å². The molecule has 1 fully saturated rings. The number of H-pyrrole nitrogens is 1. The van der Waals surface area contributed by atoms with Crippen molar-refractivity contribution in [1.82, 2.24) is 14.9 Å². The summed E-state index contributed by atoms with van der Waals surface area (Å²) in [6.45, 7) is 0.940. The van der Waals surface area contributed by atoms with Crippen molar-refractivity contribution in [3.05, 3.63) is 52.7 Å². The number of rotatable bonds is 4. The number of likely N-dealkylation sites (tertiary alicyclic amines) is 1. The van der Waals surface area contributed by atoms with Gasteiger partial charge in [0.2, 0.25) is 0 Å². The van der Waals surface area contributed by atoms with Crippen LogP contribution in [0, 0.1) is 0 Å². The number of para-hydroxylation sites is 2. The molecule has 3 rings (SSSR count). The first kappa shape index (κ1) is 14.1. The molecule has 0 radical (unpaired) electrons. The number of nitrogens with one attached hydrogen (secondary N) is 1. The zero-order chi connectivity index (χ0) is 15.5. The highest BCUT2D eigenvalue weighted by Crippen LogP contribution is 2.28. The monoisotopic (exact) mass is 301 g/mol. The largest absolute Gasteiger partial charge is 0.493 e. The van der Waals surface area contributed by atoms with Gasteiger partial charge in [-0.05, 0) is 12.1 Å². The van der Waals surface area contributed by atoms with Crippen molar-refractivity contribution >= 4 is 5.91 Å². The fourth-order valence-electron chi connectivity index (χ4n) is 2.20. The molecule has 0 atom stereocenters. The second kappa shape index (κ2) is 5.88. The SMILES string of the molecule is COc1ccccc1OC1CN(C(=O)c2c[nH]c(=O)cn2)C1. The van der Waals surface area contributed by atoms with E-state index < -0.39 is 0 Å². The minimum absolute atomic E-state index is 0.0805. The van der Waals surface area contributed by atoms with Gasteiger partial charge in [-0.25, -0.2) is 4.98 Å². The van der Waals surface area contributed by atoms with Crippen molar-refractivity contribution in [3.8, 4) is 11.5 Å². The molecule has 1 aliphatic rings. The lowest BCUT2D eigenvalue weighted by Gasteiger charge is -2.38. The molecule has 1 amide bonds. The van der Waals surface area contributed by atoms with Gasteiger partial charge in [0, 0.05) is 6.20 Å². The number of methoxy groups -OCH3 is 1. The number of ether oxygens (including phenoxy) is 2. The minimum Gasteiger partial charge on any atom is -0.493 e. The Morgan fingerprint density at radius 2 is 2.05 bits per heavy atom. The molecule has 1 N–H and O–H groups in total. The fourth-order valence-corrected chi connectivity index (χ4v) is 2.20. The van der Waals surface area contributed by atoms with Crippen LogP contribution in [0.1, 0.15) is 10.5 Å². The van der Waals surface area contributed by atoms with E-state index in [2.05, 4.69) is 9.97 Å². The average molecular weight is 301 g/mol. The molecule has 7 nitrogen and oxygen atoms in total. The van der Waals surface area contributed by atoms with Gasteiger partial charge in [0.15, 0.2) is 11.5 Å². The molecule has 2 heterocycles. The van der Waals surface area contributed by atoms with Crippen LogP contribution < -0.4 is 15.0 Å². The van der Waals surface area contributed by atoms with Crippen molar-refractivity contribution in [2.75, 3.05) is 20.2 Å². The zero-order valence-electron chi connectivity index (χ0n) is 12.0. The van der Waals surface area contributed by atoms with E-state index in [4.69, 9.17) is 9.47 Å². The quantitative estimate of drug-likeness (QED) is 0.898. The van der Waals surface area contributed by atoms with Gasteiger partial charge in [0.25, 0.3) is 11.5 Å². The Labute approximate surface area is 126 Å². The van der Waals surface area contributed by atoms with E-state index in [1.165, 1.54) is 6.20 Å². The van der Waals surface area contributed by atoms with Crippen LogP contribution >= 0.6 is 0 Å². The van der Waals surface area contributed by atoms with Gasteiger partial charge in [-0.2, -0.15) is 0 Å². The first-order valence-corrected chi connectivity index (χ1v) is 6.81. The Kier molecular flexibility index (Phi) is 3.78. The van der Waals surface area contributed by atoms with Crippen molar-refractivity contribution in [2.24, 2.45) is 0 Å². The molecule has 114 valence electrons. The lowest BCUT2D eigenvalue weighted by molar-refractivity contribution is 0.0164. The van der Waals surface area contributed by atoms with Crippen molar-refractivity contribution in [1.29, 1.82) is 0 Å². The topological polar surface area (TPSA) is 84.5 Å². The summed E-state index contributed by atoms with van der Waals surface area (Å²) in [5.41, 5.74) is -0.118. The van der Waals surface area contributed by atoms with E-state index in [0.29, 0.717) is 24.6 Å². The molecule has 0 unspecified atom stereocenters. The molecule has 0 spiro atoms. The maximum absolute atomic E-state index is 12.1. The van der Waals surface area contributed by atoms with Gasteiger partial charge < -0.3 is 19.4 Å². The molecule has 0 saturated carbocycles. The van der Waals surface area contributed by atoms with Gasteiger partial charge in [-0.15, -0.1) is 0 Å². The first-order chi connectivity index (χ1) is 10.7. The number of hydrogen-bond acceptors (Lipinski definition) is 5. The predicted octanol–water partition coefficient (Wildman–Crippen LogP) is 0.682. The molecule has 1 aromatic carbocycles. The zero-order valence-corrected chi connectivity index (χ0v) is 12.0. The Bertz CT molecular complexity index is 717. The van der Waals surface area contributed by atoms with Crippen LogP contribution in [0.3, 0.4) is 0 Å². The lowest BCUT2D eigenvalue weighted by atomic mass is 10.1. The van der Waals surface area contributed by atoms with Gasteiger partial charge in [-0.3, -0.25) is 9.59 Å². The first-order valence-electron chi connectivity index (χ1n) is 6.81. The van der Waals surface area contributed by atoms with E-state index in [1.807, 2.05) is 24.3 Å². The summed E-state index contributed by atoms with van der Waals surface area (Å²) >= 11 is 0. The third kappa shape index (κ3) is 2.78. The highest BCUT2D eigenvalue weighted by molar-refractivity contribution is 5.92. The number of carbonyl (C=O) groups is 1. The molecule has 7 heteroatoms. The Balaban J connectivity index is 1.59. The molecule has 0 aliphatic carbocycles. The summed E-state index contributed by atoms with van der Waals surface area (Å²) in [6, 6.07) is 7.38. The Morgan fingerprint density at radius 3 is 2.68 bits per heavy atom. The molecule has 1 saturated heterocycles. The standard InChI is InChI=1S/C15H15N3O4/c1-21-12-4-2-3-5-13(12)22-10-8-18(9-10)15(20)11-6-17-14(19)7-16-11/h2-7,10H,8-9H2,1H3,(H,17,19). The van der Waals surface area contributed by atoms with E-state index in [1.54, 1.807) is 12.0 Å². The van der Waals surface area contributed by atoms with Gasteiger partial charge in [0.05, 0.1) is 26.4 Å². The van der Waals surface area contributed by atoms with Crippen molar-refractivity contribution in [2.45, 2.75) is 6.10 Å². The smallest absolute Gasteiger partial charge is 0.274 e. The molecular formula is C15H15N3O4. The van der Waals surface area contributed by atoms with Crippen LogP contribution in [0.25, 0.3) is 0 Å². The second-order valence-electron chi connectivity index (χ2n) is 4.90. The number of aromatic nitrogens is 2. The van der Waals surface area contributed by atoms with Crippen LogP contribution in [0.5, 0.6) is 11.5 Å². The molecule has 1 aliphatic heterocycles. The van der Waals surface area contributed by atoms with Crippen molar-refractivity contribution < 1.29 is 14.3 Å². The summed E-state index contributed by atoms with van der Waals surface area (Å²) in [4.78, 5) is 30.9. The second-order valence-corrected chi connectivity index (χ2v) is 4.90. The van der Waals surface area contributed by atoms with Gasteiger partial charge in [-0.1, -0.05) is 12.1 Å². The summed E-state index contributed by atoms with van der Waals surface area (Å²) in [5, 5.41) is 0. The summed E-state index contributed by atoms with van der Waals surface area (Å²) in [5.74, 6) is 1.09. The Hall–Kier alpha value is -2.83. The number of amides is 1.